The highest BCUT2D eigenvalue weighted by Gasteiger charge is 2.07. The molecule has 0 radical (unpaired) electrons. The van der Waals surface area contributed by atoms with Gasteiger partial charge in [-0.2, -0.15) is 0 Å². The van der Waals surface area contributed by atoms with Gasteiger partial charge in [0.15, 0.2) is 11.5 Å². The van der Waals surface area contributed by atoms with Crippen molar-refractivity contribution in [2.24, 2.45) is 0 Å². The molecule has 0 spiro atoms. The third kappa shape index (κ3) is 5.21. The van der Waals surface area contributed by atoms with Crippen LogP contribution in [0.1, 0.15) is 46.0 Å². The first-order valence-electron chi connectivity index (χ1n) is 6.70. The maximum atomic E-state index is 11.3. The van der Waals surface area contributed by atoms with Gasteiger partial charge in [0.05, 0.1) is 6.61 Å². The molecule has 0 aliphatic carbocycles. The van der Waals surface area contributed by atoms with E-state index in [1.807, 2.05) is 18.2 Å². The predicted molar refractivity (Wildman–Crippen MR) is 72.0 cm³/mol. The summed E-state index contributed by atoms with van der Waals surface area (Å²) in [7, 11) is 0. The van der Waals surface area contributed by atoms with Gasteiger partial charge in [-0.25, -0.2) is 0 Å². The van der Waals surface area contributed by atoms with Crippen LogP contribution in [0, 0.1) is 0 Å². The van der Waals surface area contributed by atoms with Crippen LogP contribution in [0.5, 0.6) is 11.5 Å². The molecule has 3 heteroatoms. The van der Waals surface area contributed by atoms with E-state index in [4.69, 9.17) is 9.47 Å². The summed E-state index contributed by atoms with van der Waals surface area (Å²) >= 11 is 0. The monoisotopic (exact) mass is 250 g/mol. The second-order valence-corrected chi connectivity index (χ2v) is 4.18. The lowest BCUT2D eigenvalue weighted by Crippen LogP contribution is -2.07. The summed E-state index contributed by atoms with van der Waals surface area (Å²) in [6, 6.07) is 7.31. The van der Waals surface area contributed by atoms with Crippen LogP contribution in [0.4, 0.5) is 0 Å². The Bertz CT molecular complexity index is 361. The topological polar surface area (TPSA) is 35.5 Å². The maximum Gasteiger partial charge on any atom is 0.311 e. The highest BCUT2D eigenvalue weighted by molar-refractivity contribution is 5.72. The van der Waals surface area contributed by atoms with Gasteiger partial charge in [-0.15, -0.1) is 0 Å². The Labute approximate surface area is 109 Å². The Kier molecular flexibility index (Phi) is 6.92. The Balaban J connectivity index is 2.46. The van der Waals surface area contributed by atoms with Crippen LogP contribution in [0.25, 0.3) is 0 Å². The number of esters is 1. The molecule has 0 atom stereocenters. The molecule has 3 nitrogen and oxygen atoms in total. The van der Waals surface area contributed by atoms with E-state index in [0.717, 1.165) is 6.42 Å². The zero-order valence-corrected chi connectivity index (χ0v) is 11.3. The number of unbranched alkanes of at least 4 members (excludes halogenated alkanes) is 3. The Morgan fingerprint density at radius 2 is 1.78 bits per heavy atom. The highest BCUT2D eigenvalue weighted by atomic mass is 16.6. The predicted octanol–water partition coefficient (Wildman–Crippen LogP) is 3.96. The molecule has 100 valence electrons. The van der Waals surface area contributed by atoms with Crippen molar-refractivity contribution in [2.75, 3.05) is 6.61 Å². The molecule has 0 amide bonds. The molecular weight excluding hydrogens is 228 g/mol. The fraction of sp³-hybridized carbons (Fsp3) is 0.533. The zero-order valence-electron chi connectivity index (χ0n) is 11.3. The second-order valence-electron chi connectivity index (χ2n) is 4.18. The van der Waals surface area contributed by atoms with Crippen molar-refractivity contribution in [3.05, 3.63) is 24.3 Å². The zero-order chi connectivity index (χ0) is 13.2. The molecule has 18 heavy (non-hydrogen) atoms. The fourth-order valence-electron chi connectivity index (χ4n) is 1.56. The van der Waals surface area contributed by atoms with Crippen molar-refractivity contribution in [3.63, 3.8) is 0 Å². The van der Waals surface area contributed by atoms with Gasteiger partial charge < -0.3 is 9.47 Å². The van der Waals surface area contributed by atoms with Crippen molar-refractivity contribution in [1.82, 2.24) is 0 Å². The minimum atomic E-state index is -0.239. The molecule has 0 saturated heterocycles. The van der Waals surface area contributed by atoms with E-state index in [9.17, 15) is 4.79 Å². The average Bonchev–Trinajstić information content (AvgIpc) is 2.40. The van der Waals surface area contributed by atoms with E-state index in [-0.39, 0.29) is 5.97 Å². The lowest BCUT2D eigenvalue weighted by molar-refractivity contribution is -0.134. The van der Waals surface area contributed by atoms with Crippen molar-refractivity contribution in [3.8, 4) is 11.5 Å². The van der Waals surface area contributed by atoms with Gasteiger partial charge in [-0.05, 0) is 18.6 Å². The fourth-order valence-corrected chi connectivity index (χ4v) is 1.56. The summed E-state index contributed by atoms with van der Waals surface area (Å²) in [5, 5.41) is 0. The molecule has 1 aromatic rings. The number of benzene rings is 1. The van der Waals surface area contributed by atoms with Crippen LogP contribution in [-0.4, -0.2) is 12.6 Å². The van der Waals surface area contributed by atoms with Gasteiger partial charge in [-0.3, -0.25) is 4.79 Å². The molecule has 0 N–H and O–H groups in total. The van der Waals surface area contributed by atoms with E-state index >= 15 is 0 Å². The number of para-hydroxylation sites is 2. The largest absolute Gasteiger partial charge is 0.490 e. The molecule has 0 aromatic heterocycles. The van der Waals surface area contributed by atoms with Crippen LogP contribution in [-0.2, 0) is 4.79 Å². The van der Waals surface area contributed by atoms with Crippen molar-refractivity contribution >= 4 is 5.97 Å². The quantitative estimate of drug-likeness (QED) is 0.398. The van der Waals surface area contributed by atoms with E-state index in [2.05, 4.69) is 6.92 Å². The number of hydrogen-bond acceptors (Lipinski definition) is 3. The first-order chi connectivity index (χ1) is 8.77. The van der Waals surface area contributed by atoms with E-state index < -0.39 is 0 Å². The molecule has 0 aliphatic rings. The SMILES string of the molecule is CCCCCCOc1ccccc1OC(=O)CC. The van der Waals surface area contributed by atoms with Crippen LogP contribution >= 0.6 is 0 Å². The Morgan fingerprint density at radius 1 is 1.06 bits per heavy atom. The van der Waals surface area contributed by atoms with Gasteiger partial charge in [-0.1, -0.05) is 45.2 Å². The number of ether oxygens (including phenoxy) is 2. The summed E-state index contributed by atoms with van der Waals surface area (Å²) < 4.78 is 10.9. The van der Waals surface area contributed by atoms with Gasteiger partial charge >= 0.3 is 5.97 Å². The number of carbonyl (C=O) groups is 1. The van der Waals surface area contributed by atoms with Gasteiger partial charge in [0.1, 0.15) is 0 Å². The number of hydrogen-bond donors (Lipinski definition) is 0. The lowest BCUT2D eigenvalue weighted by Gasteiger charge is -2.10. The van der Waals surface area contributed by atoms with Gasteiger partial charge in [0.25, 0.3) is 0 Å². The van der Waals surface area contributed by atoms with Crippen LogP contribution in [0.2, 0.25) is 0 Å². The number of carbonyl (C=O) groups excluding carboxylic acids is 1. The van der Waals surface area contributed by atoms with Crippen molar-refractivity contribution in [1.29, 1.82) is 0 Å². The normalized spacial score (nSPS) is 10.1. The minimum Gasteiger partial charge on any atom is -0.490 e. The molecule has 0 saturated carbocycles. The van der Waals surface area contributed by atoms with Gasteiger partial charge in [0, 0.05) is 6.42 Å². The third-order valence-corrected chi connectivity index (χ3v) is 2.62. The van der Waals surface area contributed by atoms with Crippen LogP contribution < -0.4 is 9.47 Å². The molecule has 0 fully saturated rings. The Hall–Kier alpha value is -1.51. The average molecular weight is 250 g/mol. The van der Waals surface area contributed by atoms with Crippen LogP contribution in [0.15, 0.2) is 24.3 Å². The Morgan fingerprint density at radius 3 is 2.44 bits per heavy atom. The lowest BCUT2D eigenvalue weighted by atomic mass is 10.2. The maximum absolute atomic E-state index is 11.3. The minimum absolute atomic E-state index is 0.239. The van der Waals surface area contributed by atoms with E-state index in [0.29, 0.717) is 24.5 Å². The molecule has 0 heterocycles. The molecule has 0 bridgehead atoms. The summed E-state index contributed by atoms with van der Waals surface area (Å²) in [5.41, 5.74) is 0. The smallest absolute Gasteiger partial charge is 0.311 e. The second kappa shape index (κ2) is 8.56. The molecule has 1 aromatic carbocycles. The number of rotatable bonds is 8. The van der Waals surface area contributed by atoms with Gasteiger partial charge in [0.2, 0.25) is 0 Å². The van der Waals surface area contributed by atoms with Crippen molar-refractivity contribution in [2.45, 2.75) is 46.0 Å². The third-order valence-electron chi connectivity index (χ3n) is 2.62. The summed E-state index contributed by atoms with van der Waals surface area (Å²) in [6.07, 6.45) is 5.02. The molecule has 0 unspecified atom stereocenters. The summed E-state index contributed by atoms with van der Waals surface area (Å²) in [6.45, 7) is 4.62. The molecule has 1 rings (SSSR count). The molecular formula is C15H22O3. The highest BCUT2D eigenvalue weighted by Crippen LogP contribution is 2.27. The molecule has 0 aliphatic heterocycles. The first-order valence-corrected chi connectivity index (χ1v) is 6.70. The standard InChI is InChI=1S/C15H22O3/c1-3-5-6-9-12-17-13-10-7-8-11-14(13)18-15(16)4-2/h7-8,10-11H,3-6,9,12H2,1-2H3. The van der Waals surface area contributed by atoms with E-state index in [1.165, 1.54) is 19.3 Å². The van der Waals surface area contributed by atoms with Crippen LogP contribution in [0.3, 0.4) is 0 Å². The summed E-state index contributed by atoms with van der Waals surface area (Å²) in [5.74, 6) is 0.924. The van der Waals surface area contributed by atoms with E-state index in [1.54, 1.807) is 13.0 Å². The van der Waals surface area contributed by atoms with Crippen molar-refractivity contribution < 1.29 is 14.3 Å². The summed E-state index contributed by atoms with van der Waals surface area (Å²) in [4.78, 5) is 11.3. The first kappa shape index (κ1) is 14.6.